The van der Waals surface area contributed by atoms with Crippen molar-refractivity contribution >= 4 is 5.97 Å². The van der Waals surface area contributed by atoms with E-state index in [0.717, 1.165) is 0 Å². The van der Waals surface area contributed by atoms with Crippen LogP contribution >= 0.6 is 0 Å². The lowest BCUT2D eigenvalue weighted by Gasteiger charge is -2.07. The van der Waals surface area contributed by atoms with Crippen LogP contribution in [-0.4, -0.2) is 40.3 Å². The van der Waals surface area contributed by atoms with Crippen molar-refractivity contribution in [2.45, 2.75) is 6.61 Å². The highest BCUT2D eigenvalue weighted by Gasteiger charge is 2.16. The first-order valence-corrected chi connectivity index (χ1v) is 7.19. The summed E-state index contributed by atoms with van der Waals surface area (Å²) >= 11 is 0. The summed E-state index contributed by atoms with van der Waals surface area (Å²) < 4.78 is 20.6. The van der Waals surface area contributed by atoms with Crippen LogP contribution in [0.5, 0.6) is 11.5 Å². The number of methoxy groups -OCH3 is 2. The number of hydrogen-bond donors (Lipinski definition) is 0. The van der Waals surface area contributed by atoms with Gasteiger partial charge in [-0.05, 0) is 12.1 Å². The fraction of sp³-hybridized carbons (Fsp3) is 0.188. The molecule has 0 atom stereocenters. The lowest BCUT2D eigenvalue weighted by Crippen LogP contribution is -2.07. The number of carbonyl (C=O) groups is 1. The van der Waals surface area contributed by atoms with Crippen molar-refractivity contribution in [1.29, 1.82) is 0 Å². The molecule has 2 heterocycles. The van der Waals surface area contributed by atoms with Gasteiger partial charge in [0.1, 0.15) is 11.5 Å². The number of aromatic nitrogens is 4. The smallest absolute Gasteiger partial charge is 0.359 e. The molecule has 0 saturated carbocycles. The summed E-state index contributed by atoms with van der Waals surface area (Å²) in [6.45, 7) is -0.180. The zero-order valence-corrected chi connectivity index (χ0v) is 13.5. The summed E-state index contributed by atoms with van der Waals surface area (Å²) in [6.07, 6.45) is 4.17. The normalized spacial score (nSPS) is 10.3. The minimum Gasteiger partial charge on any atom is -0.497 e. The van der Waals surface area contributed by atoms with Crippen molar-refractivity contribution < 1.29 is 23.5 Å². The molecule has 0 spiro atoms. The molecule has 2 aromatic heterocycles. The second kappa shape index (κ2) is 7.39. The van der Waals surface area contributed by atoms with Crippen LogP contribution in [0.4, 0.5) is 0 Å². The second-order valence-electron chi connectivity index (χ2n) is 4.74. The van der Waals surface area contributed by atoms with Gasteiger partial charge in [-0.3, -0.25) is 4.98 Å². The van der Waals surface area contributed by atoms with Crippen LogP contribution in [0.3, 0.4) is 0 Å². The number of hydrogen-bond acceptors (Lipinski definition) is 9. The van der Waals surface area contributed by atoms with Gasteiger partial charge in [-0.25, -0.2) is 9.78 Å². The third-order valence-electron chi connectivity index (χ3n) is 3.22. The van der Waals surface area contributed by atoms with E-state index in [1.807, 2.05) is 0 Å². The Balaban J connectivity index is 1.71. The van der Waals surface area contributed by atoms with Crippen LogP contribution in [0.1, 0.15) is 16.4 Å². The minimum atomic E-state index is -0.630. The molecule has 25 heavy (non-hydrogen) atoms. The van der Waals surface area contributed by atoms with Crippen LogP contribution in [0, 0.1) is 0 Å². The quantitative estimate of drug-likeness (QED) is 0.620. The predicted molar refractivity (Wildman–Crippen MR) is 84.0 cm³/mol. The minimum absolute atomic E-state index is 0.0964. The molecule has 3 aromatic rings. The summed E-state index contributed by atoms with van der Waals surface area (Å²) in [7, 11) is 3.09. The largest absolute Gasteiger partial charge is 0.497 e. The van der Waals surface area contributed by atoms with Gasteiger partial charge in [0.2, 0.25) is 5.82 Å². The Morgan fingerprint density at radius 3 is 2.80 bits per heavy atom. The number of ether oxygens (including phenoxy) is 3. The monoisotopic (exact) mass is 342 g/mol. The molecule has 0 N–H and O–H groups in total. The average molecular weight is 342 g/mol. The zero-order chi connectivity index (χ0) is 17.6. The Morgan fingerprint density at radius 1 is 1.20 bits per heavy atom. The lowest BCUT2D eigenvalue weighted by molar-refractivity contribution is 0.0422. The van der Waals surface area contributed by atoms with Gasteiger partial charge in [0.15, 0.2) is 12.3 Å². The van der Waals surface area contributed by atoms with Gasteiger partial charge in [0, 0.05) is 18.5 Å². The fourth-order valence-corrected chi connectivity index (χ4v) is 2.01. The van der Waals surface area contributed by atoms with E-state index in [9.17, 15) is 4.79 Å². The van der Waals surface area contributed by atoms with E-state index in [0.29, 0.717) is 22.9 Å². The molecule has 0 radical (unpaired) electrons. The SMILES string of the molecule is COc1ccc(-c2noc(COC(=O)c3cnccn3)n2)c(OC)c1. The molecule has 3 rings (SSSR count). The molecule has 1 aromatic carbocycles. The molecule has 0 aliphatic carbocycles. The predicted octanol–water partition coefficient (Wildman–Crippen LogP) is 1.90. The summed E-state index contributed by atoms with van der Waals surface area (Å²) in [5.41, 5.74) is 0.720. The van der Waals surface area contributed by atoms with Crippen molar-refractivity contribution in [2.75, 3.05) is 14.2 Å². The molecule has 0 aliphatic rings. The van der Waals surface area contributed by atoms with Crippen LogP contribution in [0.25, 0.3) is 11.4 Å². The van der Waals surface area contributed by atoms with Crippen LogP contribution in [0.2, 0.25) is 0 Å². The average Bonchev–Trinajstić information content (AvgIpc) is 3.15. The maximum atomic E-state index is 11.8. The molecule has 0 unspecified atom stereocenters. The van der Waals surface area contributed by atoms with Crippen molar-refractivity contribution in [3.05, 3.63) is 48.4 Å². The standard InChI is InChI=1S/C16H14N4O5/c1-22-10-3-4-11(13(7-10)23-2)15-19-14(25-20-15)9-24-16(21)12-8-17-5-6-18-12/h3-8H,9H2,1-2H3. The van der Waals surface area contributed by atoms with E-state index in [1.54, 1.807) is 25.3 Å². The van der Waals surface area contributed by atoms with Gasteiger partial charge >= 0.3 is 5.97 Å². The van der Waals surface area contributed by atoms with Crippen molar-refractivity contribution in [3.63, 3.8) is 0 Å². The van der Waals surface area contributed by atoms with E-state index < -0.39 is 5.97 Å². The molecule has 0 aliphatic heterocycles. The van der Waals surface area contributed by atoms with Gasteiger partial charge in [-0.2, -0.15) is 4.98 Å². The molecule has 0 bridgehead atoms. The van der Waals surface area contributed by atoms with Crippen molar-refractivity contribution in [2.24, 2.45) is 0 Å². The third kappa shape index (κ3) is 3.71. The summed E-state index contributed by atoms with van der Waals surface area (Å²) in [5.74, 6) is 0.996. The second-order valence-corrected chi connectivity index (χ2v) is 4.74. The molecule has 0 fully saturated rings. The Morgan fingerprint density at radius 2 is 2.08 bits per heavy atom. The van der Waals surface area contributed by atoms with E-state index in [2.05, 4.69) is 20.1 Å². The van der Waals surface area contributed by atoms with Gasteiger partial charge in [-0.1, -0.05) is 5.16 Å². The number of esters is 1. The van der Waals surface area contributed by atoms with Crippen molar-refractivity contribution in [1.82, 2.24) is 20.1 Å². The Labute approximate surface area is 142 Å². The lowest BCUT2D eigenvalue weighted by atomic mass is 10.2. The van der Waals surface area contributed by atoms with E-state index >= 15 is 0 Å². The van der Waals surface area contributed by atoms with Gasteiger partial charge in [-0.15, -0.1) is 0 Å². The first-order valence-electron chi connectivity index (χ1n) is 7.19. The van der Waals surface area contributed by atoms with E-state index in [-0.39, 0.29) is 18.2 Å². The van der Waals surface area contributed by atoms with Crippen LogP contribution in [-0.2, 0) is 11.3 Å². The maximum absolute atomic E-state index is 11.8. The summed E-state index contributed by atoms with van der Waals surface area (Å²) in [6, 6.07) is 5.21. The summed E-state index contributed by atoms with van der Waals surface area (Å²) in [5, 5.41) is 3.88. The van der Waals surface area contributed by atoms with E-state index in [1.165, 1.54) is 25.7 Å². The van der Waals surface area contributed by atoms with Gasteiger partial charge in [0.05, 0.1) is 26.0 Å². The van der Waals surface area contributed by atoms with Crippen LogP contribution < -0.4 is 9.47 Å². The summed E-state index contributed by atoms with van der Waals surface area (Å²) in [4.78, 5) is 23.7. The fourth-order valence-electron chi connectivity index (χ4n) is 2.01. The maximum Gasteiger partial charge on any atom is 0.359 e. The molecule has 0 amide bonds. The van der Waals surface area contributed by atoms with Gasteiger partial charge in [0.25, 0.3) is 5.89 Å². The highest BCUT2D eigenvalue weighted by molar-refractivity contribution is 5.86. The highest BCUT2D eigenvalue weighted by atomic mass is 16.6. The molecule has 9 nitrogen and oxygen atoms in total. The molecule has 9 heteroatoms. The van der Waals surface area contributed by atoms with E-state index in [4.69, 9.17) is 18.7 Å². The molecule has 128 valence electrons. The number of rotatable bonds is 6. The number of nitrogens with zero attached hydrogens (tertiary/aromatic N) is 4. The Kier molecular flexibility index (Phi) is 4.84. The number of carbonyl (C=O) groups excluding carboxylic acids is 1. The Bertz CT molecular complexity index is 866. The first kappa shape index (κ1) is 16.4. The van der Waals surface area contributed by atoms with Gasteiger partial charge < -0.3 is 18.7 Å². The Hall–Kier alpha value is -3.49. The molecule has 0 saturated heterocycles. The third-order valence-corrected chi connectivity index (χ3v) is 3.22. The van der Waals surface area contributed by atoms with Crippen molar-refractivity contribution in [3.8, 4) is 22.9 Å². The highest BCUT2D eigenvalue weighted by Crippen LogP contribution is 2.31. The zero-order valence-electron chi connectivity index (χ0n) is 13.5. The van der Waals surface area contributed by atoms with Crippen LogP contribution in [0.15, 0.2) is 41.3 Å². The number of benzene rings is 1. The molecular formula is C16H14N4O5. The topological polar surface area (TPSA) is 109 Å². The first-order chi connectivity index (χ1) is 12.2. The molecular weight excluding hydrogens is 328 g/mol.